The molecule has 1 aromatic heterocycles. The van der Waals surface area contributed by atoms with Gasteiger partial charge in [-0.15, -0.1) is 0 Å². The Morgan fingerprint density at radius 3 is 2.38 bits per heavy atom. The lowest BCUT2D eigenvalue weighted by Crippen LogP contribution is -2.05. The van der Waals surface area contributed by atoms with Crippen molar-refractivity contribution >= 4 is 6.08 Å². The first-order valence-corrected chi connectivity index (χ1v) is 4.38. The van der Waals surface area contributed by atoms with E-state index in [1.54, 1.807) is 0 Å². The van der Waals surface area contributed by atoms with Crippen molar-refractivity contribution in [3.63, 3.8) is 0 Å². The van der Waals surface area contributed by atoms with Gasteiger partial charge in [0.05, 0.1) is 0 Å². The third-order valence-corrected chi connectivity index (χ3v) is 2.07. The summed E-state index contributed by atoms with van der Waals surface area (Å²) in [6.07, 6.45) is 1.93. The highest BCUT2D eigenvalue weighted by Crippen LogP contribution is 2.25. The van der Waals surface area contributed by atoms with Gasteiger partial charge in [0.2, 0.25) is 0 Å². The zero-order valence-corrected chi connectivity index (χ0v) is 8.88. The molecule has 0 aliphatic carbocycles. The van der Waals surface area contributed by atoms with Crippen molar-refractivity contribution < 1.29 is 4.52 Å². The maximum Gasteiger partial charge on any atom is 0.250 e. The Kier molecular flexibility index (Phi) is 2.55. The average Bonchev–Trinajstić information content (AvgIpc) is 2.33. The Bertz CT molecular complexity index is 318. The summed E-state index contributed by atoms with van der Waals surface area (Å²) in [5.74, 6) is 1.26. The molecule has 3 heteroatoms. The number of hydrogen-bond acceptors (Lipinski definition) is 3. The molecule has 0 spiro atoms. The normalized spacial score (nSPS) is 13.5. The third-order valence-electron chi connectivity index (χ3n) is 2.07. The molecule has 0 aromatic carbocycles. The Morgan fingerprint density at radius 1 is 1.38 bits per heavy atom. The molecular formula is C10H16N2O. The van der Waals surface area contributed by atoms with E-state index in [1.165, 1.54) is 5.57 Å². The molecule has 0 atom stereocenters. The van der Waals surface area contributed by atoms with Crippen LogP contribution in [0.1, 0.15) is 39.4 Å². The van der Waals surface area contributed by atoms with Crippen LogP contribution < -0.4 is 0 Å². The molecule has 1 heterocycles. The van der Waals surface area contributed by atoms with Gasteiger partial charge in [0.15, 0.2) is 5.82 Å². The van der Waals surface area contributed by atoms with Gasteiger partial charge >= 0.3 is 0 Å². The lowest BCUT2D eigenvalue weighted by atomic mass is 9.87. The fourth-order valence-electron chi connectivity index (χ4n) is 0.773. The topological polar surface area (TPSA) is 38.9 Å². The minimum Gasteiger partial charge on any atom is -0.335 e. The molecule has 1 rings (SSSR count). The van der Waals surface area contributed by atoms with Gasteiger partial charge in [-0.1, -0.05) is 31.5 Å². The number of rotatable bonds is 1. The Balaban J connectivity index is 2.89. The highest BCUT2D eigenvalue weighted by atomic mass is 16.5. The van der Waals surface area contributed by atoms with E-state index < -0.39 is 0 Å². The van der Waals surface area contributed by atoms with Gasteiger partial charge in [-0.2, -0.15) is 4.98 Å². The summed E-state index contributed by atoms with van der Waals surface area (Å²) in [5, 5.41) is 3.72. The maximum atomic E-state index is 4.99. The lowest BCUT2D eigenvalue weighted by Gasteiger charge is -2.18. The monoisotopic (exact) mass is 180 g/mol. The Hall–Kier alpha value is -1.12. The first kappa shape index (κ1) is 9.96. The highest BCUT2D eigenvalue weighted by Gasteiger charge is 2.13. The fraction of sp³-hybridized carbons (Fsp3) is 0.600. The summed E-state index contributed by atoms with van der Waals surface area (Å²) in [7, 11) is 0. The van der Waals surface area contributed by atoms with Gasteiger partial charge in [0.1, 0.15) is 0 Å². The van der Waals surface area contributed by atoms with Crippen LogP contribution in [0.15, 0.2) is 10.1 Å². The van der Waals surface area contributed by atoms with Crippen molar-refractivity contribution in [1.82, 2.24) is 10.1 Å². The molecule has 3 nitrogen and oxygen atoms in total. The zero-order valence-electron chi connectivity index (χ0n) is 8.88. The van der Waals surface area contributed by atoms with Crippen LogP contribution >= 0.6 is 0 Å². The fourth-order valence-corrected chi connectivity index (χ4v) is 0.773. The minimum atomic E-state index is 0.155. The number of nitrogens with zero attached hydrogens (tertiary/aromatic N) is 2. The largest absolute Gasteiger partial charge is 0.335 e. The predicted molar refractivity (Wildman–Crippen MR) is 52.1 cm³/mol. The molecule has 0 N–H and O–H groups in total. The Morgan fingerprint density at radius 2 is 2.00 bits per heavy atom. The van der Waals surface area contributed by atoms with E-state index in [0.717, 1.165) is 0 Å². The first-order valence-electron chi connectivity index (χ1n) is 4.38. The number of allylic oxidation sites excluding steroid dienone is 1. The molecule has 0 aliphatic heterocycles. The second-order valence-corrected chi connectivity index (χ2v) is 4.26. The smallest absolute Gasteiger partial charge is 0.250 e. The minimum absolute atomic E-state index is 0.155. The molecule has 1 aromatic rings. The quantitative estimate of drug-likeness (QED) is 0.667. The van der Waals surface area contributed by atoms with Crippen LogP contribution in [0.5, 0.6) is 0 Å². The maximum absolute atomic E-state index is 4.99. The summed E-state index contributed by atoms with van der Waals surface area (Å²) in [5.41, 5.74) is 1.39. The zero-order chi connectivity index (χ0) is 10.1. The second-order valence-electron chi connectivity index (χ2n) is 4.26. The SMILES string of the molecule is C/C(=C\c1nc(C)no1)C(C)(C)C. The molecule has 0 saturated heterocycles. The van der Waals surface area contributed by atoms with Gasteiger partial charge in [-0.3, -0.25) is 0 Å². The van der Waals surface area contributed by atoms with Crippen LogP contribution in [-0.2, 0) is 0 Å². The van der Waals surface area contributed by atoms with Crippen LogP contribution in [0.3, 0.4) is 0 Å². The van der Waals surface area contributed by atoms with E-state index in [1.807, 2.05) is 13.0 Å². The van der Waals surface area contributed by atoms with Crippen LogP contribution in [0.25, 0.3) is 6.08 Å². The molecule has 0 unspecified atom stereocenters. The number of aromatic nitrogens is 2. The van der Waals surface area contributed by atoms with E-state index in [-0.39, 0.29) is 5.41 Å². The molecule has 0 saturated carbocycles. The van der Waals surface area contributed by atoms with Crippen LogP contribution in [-0.4, -0.2) is 10.1 Å². The summed E-state index contributed by atoms with van der Waals surface area (Å²) in [6.45, 7) is 10.3. The van der Waals surface area contributed by atoms with E-state index in [4.69, 9.17) is 4.52 Å². The van der Waals surface area contributed by atoms with Crippen molar-refractivity contribution in [3.05, 3.63) is 17.3 Å². The summed E-state index contributed by atoms with van der Waals surface area (Å²) >= 11 is 0. The van der Waals surface area contributed by atoms with Crippen molar-refractivity contribution in [2.75, 3.05) is 0 Å². The molecular weight excluding hydrogens is 164 g/mol. The van der Waals surface area contributed by atoms with E-state index in [2.05, 4.69) is 37.8 Å². The van der Waals surface area contributed by atoms with Gasteiger partial charge in [0, 0.05) is 6.08 Å². The first-order chi connectivity index (χ1) is 5.89. The van der Waals surface area contributed by atoms with E-state index in [0.29, 0.717) is 11.7 Å². The third kappa shape index (κ3) is 2.68. The summed E-state index contributed by atoms with van der Waals surface area (Å²) in [6, 6.07) is 0. The number of hydrogen-bond donors (Lipinski definition) is 0. The average molecular weight is 180 g/mol. The van der Waals surface area contributed by atoms with Crippen molar-refractivity contribution in [2.45, 2.75) is 34.6 Å². The lowest BCUT2D eigenvalue weighted by molar-refractivity contribution is 0.403. The van der Waals surface area contributed by atoms with Gasteiger partial charge in [0.25, 0.3) is 5.89 Å². The number of aryl methyl sites for hydroxylation is 1. The van der Waals surface area contributed by atoms with Gasteiger partial charge < -0.3 is 4.52 Å². The van der Waals surface area contributed by atoms with Crippen molar-refractivity contribution in [3.8, 4) is 0 Å². The van der Waals surface area contributed by atoms with Gasteiger partial charge in [-0.05, 0) is 19.3 Å². The molecule has 0 fully saturated rings. The van der Waals surface area contributed by atoms with E-state index >= 15 is 0 Å². The molecule has 0 aliphatic rings. The summed E-state index contributed by atoms with van der Waals surface area (Å²) < 4.78 is 4.99. The summed E-state index contributed by atoms with van der Waals surface area (Å²) in [4.78, 5) is 4.11. The van der Waals surface area contributed by atoms with Crippen molar-refractivity contribution in [1.29, 1.82) is 0 Å². The molecule has 72 valence electrons. The molecule has 0 bridgehead atoms. The molecule has 13 heavy (non-hydrogen) atoms. The predicted octanol–water partition coefficient (Wildman–Crippen LogP) is 2.83. The highest BCUT2D eigenvalue weighted by molar-refractivity contribution is 5.44. The van der Waals surface area contributed by atoms with Crippen LogP contribution in [0.4, 0.5) is 0 Å². The molecule has 0 radical (unpaired) electrons. The Labute approximate surface area is 78.8 Å². The standard InChI is InChI=1S/C10H16N2O/c1-7(10(3,4)5)6-9-11-8(2)12-13-9/h6H,1-5H3/b7-6+. The van der Waals surface area contributed by atoms with Crippen molar-refractivity contribution in [2.24, 2.45) is 5.41 Å². The van der Waals surface area contributed by atoms with Crippen LogP contribution in [0, 0.1) is 12.3 Å². The second kappa shape index (κ2) is 3.32. The molecule has 0 amide bonds. The van der Waals surface area contributed by atoms with E-state index in [9.17, 15) is 0 Å². The van der Waals surface area contributed by atoms with Gasteiger partial charge in [-0.25, -0.2) is 0 Å². The van der Waals surface area contributed by atoms with Crippen LogP contribution in [0.2, 0.25) is 0 Å².